The number of aliphatic hydroxyl groups excluding tert-OH is 1. The molecule has 6 nitrogen and oxygen atoms in total. The van der Waals surface area contributed by atoms with Gasteiger partial charge in [0.2, 0.25) is 0 Å². The molecule has 1 aromatic rings. The van der Waals surface area contributed by atoms with Crippen molar-refractivity contribution in [2.24, 2.45) is 5.92 Å². The highest BCUT2D eigenvalue weighted by molar-refractivity contribution is 7.99. The topological polar surface area (TPSA) is 67.7 Å². The minimum absolute atomic E-state index is 0.239. The summed E-state index contributed by atoms with van der Waals surface area (Å²) in [5.41, 5.74) is 0.152. The Morgan fingerprint density at radius 1 is 1.23 bits per heavy atom. The Labute approximate surface area is 161 Å². The molecule has 0 spiro atoms. The Balaban J connectivity index is 1.52. The van der Waals surface area contributed by atoms with Crippen molar-refractivity contribution in [2.75, 3.05) is 32.0 Å². The number of nitrogens with zero attached hydrogens (tertiary/aromatic N) is 3. The summed E-state index contributed by atoms with van der Waals surface area (Å²) in [5, 5.41) is 9.90. The van der Waals surface area contributed by atoms with E-state index in [2.05, 4.69) is 14.9 Å². The van der Waals surface area contributed by atoms with E-state index in [1.54, 1.807) is 11.8 Å². The van der Waals surface area contributed by atoms with Gasteiger partial charge in [0, 0.05) is 36.7 Å². The summed E-state index contributed by atoms with van der Waals surface area (Å²) in [6, 6.07) is 0. The molecule has 0 radical (unpaired) electrons. The number of rotatable bonds is 6. The molecule has 0 aliphatic carbocycles. The van der Waals surface area contributed by atoms with Crippen LogP contribution < -0.4 is 5.46 Å². The van der Waals surface area contributed by atoms with Crippen molar-refractivity contribution in [1.29, 1.82) is 0 Å². The lowest BCUT2D eigenvalue weighted by Gasteiger charge is -2.32. The summed E-state index contributed by atoms with van der Waals surface area (Å²) < 4.78 is 12.1. The lowest BCUT2D eigenvalue weighted by molar-refractivity contribution is 0.00578. The van der Waals surface area contributed by atoms with E-state index in [9.17, 15) is 0 Å². The Morgan fingerprint density at radius 3 is 2.50 bits per heavy atom. The van der Waals surface area contributed by atoms with Crippen LogP contribution in [-0.2, 0) is 9.31 Å². The molecule has 1 atom stereocenters. The van der Waals surface area contributed by atoms with Gasteiger partial charge in [-0.1, -0.05) is 11.8 Å². The molecular formula is C18H30BN3O3S. The third kappa shape index (κ3) is 4.59. The molecule has 0 saturated carbocycles. The maximum Gasteiger partial charge on any atom is 0.498 e. The van der Waals surface area contributed by atoms with E-state index >= 15 is 0 Å². The van der Waals surface area contributed by atoms with Gasteiger partial charge in [0.25, 0.3) is 0 Å². The fourth-order valence-electron chi connectivity index (χ4n) is 3.33. The number of β-amino-alcohol motifs (C(OH)–C–C–N with tert-alkyl or cyclic N) is 1. The molecule has 8 heteroatoms. The summed E-state index contributed by atoms with van der Waals surface area (Å²) in [6.07, 6.45) is 6.07. The van der Waals surface area contributed by atoms with Gasteiger partial charge in [0.1, 0.15) is 0 Å². The number of hydrogen-bond acceptors (Lipinski definition) is 7. The molecule has 0 amide bonds. The van der Waals surface area contributed by atoms with E-state index in [1.165, 1.54) is 12.8 Å². The molecule has 144 valence electrons. The highest BCUT2D eigenvalue weighted by Crippen LogP contribution is 2.36. The molecular weight excluding hydrogens is 349 g/mol. The van der Waals surface area contributed by atoms with Crippen LogP contribution in [0.15, 0.2) is 17.6 Å². The highest BCUT2D eigenvalue weighted by atomic mass is 32.2. The van der Waals surface area contributed by atoms with Crippen molar-refractivity contribution < 1.29 is 14.4 Å². The van der Waals surface area contributed by atoms with Crippen molar-refractivity contribution in [3.05, 3.63) is 12.4 Å². The molecule has 1 aromatic heterocycles. The van der Waals surface area contributed by atoms with Gasteiger partial charge in [-0.15, -0.1) is 0 Å². The average molecular weight is 379 g/mol. The molecule has 0 unspecified atom stereocenters. The molecule has 3 heterocycles. The summed E-state index contributed by atoms with van der Waals surface area (Å²) in [6.45, 7) is 11.3. The van der Waals surface area contributed by atoms with Crippen molar-refractivity contribution >= 4 is 24.3 Å². The molecule has 1 N–H and O–H groups in total. The number of aromatic nitrogens is 2. The van der Waals surface area contributed by atoms with Crippen LogP contribution in [0.2, 0.25) is 0 Å². The van der Waals surface area contributed by atoms with Gasteiger partial charge in [-0.3, -0.25) is 0 Å². The lowest BCUT2D eigenvalue weighted by Crippen LogP contribution is -2.41. The number of aliphatic hydroxyl groups is 1. The van der Waals surface area contributed by atoms with Crippen LogP contribution in [-0.4, -0.2) is 70.3 Å². The molecule has 2 aliphatic rings. The standard InChI is InChI=1S/C18H30BN3O3S/c1-17(2)18(3,4)25-19(24-17)15-10-20-16(21-11-15)26-13-14-6-5-7-22(12-14)8-9-23/h10-11,14,23H,5-9,12-13H2,1-4H3/t14-/m1/s1. The zero-order chi connectivity index (χ0) is 18.8. The van der Waals surface area contributed by atoms with Crippen molar-refractivity contribution in [3.8, 4) is 0 Å². The first-order valence-corrected chi connectivity index (χ1v) is 10.4. The first-order valence-electron chi connectivity index (χ1n) is 9.44. The molecule has 2 saturated heterocycles. The average Bonchev–Trinajstić information content (AvgIpc) is 2.82. The SMILES string of the molecule is CC1(C)OB(c2cnc(SC[C@@H]3CCCN(CCO)C3)nc2)OC1(C)C. The Bertz CT molecular complexity index is 582. The molecule has 0 bridgehead atoms. The van der Waals surface area contributed by atoms with Crippen molar-refractivity contribution in [2.45, 2.75) is 56.9 Å². The number of hydrogen-bond donors (Lipinski definition) is 1. The third-order valence-corrected chi connectivity index (χ3v) is 6.75. The van der Waals surface area contributed by atoms with E-state index in [0.717, 1.165) is 36.0 Å². The number of thioether (sulfide) groups is 1. The molecule has 3 rings (SSSR count). The van der Waals surface area contributed by atoms with Gasteiger partial charge in [0.15, 0.2) is 5.16 Å². The van der Waals surface area contributed by atoms with Crippen LogP contribution in [0, 0.1) is 5.92 Å². The molecule has 26 heavy (non-hydrogen) atoms. The minimum atomic E-state index is -0.413. The highest BCUT2D eigenvalue weighted by Gasteiger charge is 2.51. The van der Waals surface area contributed by atoms with Crippen LogP contribution >= 0.6 is 11.8 Å². The van der Waals surface area contributed by atoms with Crippen molar-refractivity contribution in [1.82, 2.24) is 14.9 Å². The number of piperidine rings is 1. The van der Waals surface area contributed by atoms with Crippen LogP contribution in [0.5, 0.6) is 0 Å². The van der Waals surface area contributed by atoms with Crippen molar-refractivity contribution in [3.63, 3.8) is 0 Å². The van der Waals surface area contributed by atoms with Crippen LogP contribution in [0.1, 0.15) is 40.5 Å². The predicted molar refractivity (Wildman–Crippen MR) is 105 cm³/mol. The Hall–Kier alpha value is -0.665. The predicted octanol–water partition coefficient (Wildman–Crippen LogP) is 1.57. The molecule has 2 aliphatic heterocycles. The second-order valence-corrected chi connectivity index (χ2v) is 9.22. The van der Waals surface area contributed by atoms with E-state index in [1.807, 2.05) is 40.1 Å². The summed E-state index contributed by atoms with van der Waals surface area (Å²) in [5.74, 6) is 1.64. The van der Waals surface area contributed by atoms with Crippen LogP contribution in [0.3, 0.4) is 0 Å². The van der Waals surface area contributed by atoms with Crippen LogP contribution in [0.4, 0.5) is 0 Å². The van der Waals surface area contributed by atoms with E-state index in [4.69, 9.17) is 14.4 Å². The number of likely N-dealkylation sites (tertiary alicyclic amines) is 1. The largest absolute Gasteiger partial charge is 0.498 e. The summed E-state index contributed by atoms with van der Waals surface area (Å²) >= 11 is 1.70. The maximum atomic E-state index is 9.11. The fourth-order valence-corrected chi connectivity index (χ4v) is 4.24. The third-order valence-electron chi connectivity index (χ3n) is 5.64. The van der Waals surface area contributed by atoms with Gasteiger partial charge in [0.05, 0.1) is 17.8 Å². The quantitative estimate of drug-likeness (QED) is 0.457. The summed E-state index contributed by atoms with van der Waals surface area (Å²) in [4.78, 5) is 11.3. The van der Waals surface area contributed by atoms with Gasteiger partial charge in [-0.05, 0) is 53.0 Å². The molecule has 0 aromatic carbocycles. The zero-order valence-corrected chi connectivity index (χ0v) is 17.1. The lowest BCUT2D eigenvalue weighted by atomic mass is 9.81. The first kappa shape index (κ1) is 20.1. The van der Waals surface area contributed by atoms with Gasteiger partial charge in [-0.2, -0.15) is 0 Å². The maximum absolute atomic E-state index is 9.11. The monoisotopic (exact) mass is 379 g/mol. The second-order valence-electron chi connectivity index (χ2n) is 8.23. The molecule has 2 fully saturated rings. The fraction of sp³-hybridized carbons (Fsp3) is 0.778. The second kappa shape index (κ2) is 8.14. The Morgan fingerprint density at radius 2 is 1.88 bits per heavy atom. The van der Waals surface area contributed by atoms with Gasteiger partial charge < -0.3 is 19.3 Å². The minimum Gasteiger partial charge on any atom is -0.399 e. The first-order chi connectivity index (χ1) is 12.3. The van der Waals surface area contributed by atoms with E-state index in [0.29, 0.717) is 5.92 Å². The van der Waals surface area contributed by atoms with Crippen LogP contribution in [0.25, 0.3) is 0 Å². The van der Waals surface area contributed by atoms with Gasteiger partial charge >= 0.3 is 7.12 Å². The van der Waals surface area contributed by atoms with Gasteiger partial charge in [-0.25, -0.2) is 9.97 Å². The zero-order valence-electron chi connectivity index (χ0n) is 16.3. The normalized spacial score (nSPS) is 25.6. The van der Waals surface area contributed by atoms with E-state index in [-0.39, 0.29) is 17.8 Å². The smallest absolute Gasteiger partial charge is 0.399 e. The van der Waals surface area contributed by atoms with E-state index < -0.39 is 7.12 Å². The Kier molecular flexibility index (Phi) is 6.29. The summed E-state index contributed by atoms with van der Waals surface area (Å²) in [7, 11) is -0.413.